The van der Waals surface area contributed by atoms with Gasteiger partial charge in [0, 0.05) is 6.20 Å². The smallest absolute Gasteiger partial charge is 0.394 e. The third kappa shape index (κ3) is 2.96. The highest BCUT2D eigenvalue weighted by Crippen LogP contribution is 2.29. The predicted octanol–water partition coefficient (Wildman–Crippen LogP) is 2.50. The fraction of sp³-hybridized carbons (Fsp3) is 0.154. The van der Waals surface area contributed by atoms with Crippen LogP contribution in [0.2, 0.25) is 0 Å². The Bertz CT molecular complexity index is 630. The Labute approximate surface area is 107 Å². The van der Waals surface area contributed by atoms with Crippen molar-refractivity contribution in [2.45, 2.75) is 12.7 Å². The van der Waals surface area contributed by atoms with Gasteiger partial charge in [-0.15, -0.1) is 0 Å². The fourth-order valence-electron chi connectivity index (χ4n) is 1.68. The number of nitrogens with zero attached hydrogens (tertiary/aromatic N) is 1. The van der Waals surface area contributed by atoms with Gasteiger partial charge in [0.25, 0.3) is 5.56 Å². The zero-order valence-electron chi connectivity index (χ0n) is 9.82. The van der Waals surface area contributed by atoms with Gasteiger partial charge >= 0.3 is 6.18 Å². The number of nitrogen functional groups attached to an aromatic ring is 1. The van der Waals surface area contributed by atoms with E-state index in [1.807, 2.05) is 0 Å². The van der Waals surface area contributed by atoms with E-state index in [9.17, 15) is 18.0 Å². The maximum Gasteiger partial charge on any atom is 0.416 e. The topological polar surface area (TPSA) is 48.0 Å². The lowest BCUT2D eigenvalue weighted by molar-refractivity contribution is -0.137. The quantitative estimate of drug-likeness (QED) is 0.909. The molecule has 1 aromatic heterocycles. The molecule has 2 rings (SSSR count). The summed E-state index contributed by atoms with van der Waals surface area (Å²) in [5.74, 6) is 0. The van der Waals surface area contributed by atoms with Crippen LogP contribution < -0.4 is 11.3 Å². The summed E-state index contributed by atoms with van der Waals surface area (Å²) in [6.07, 6.45) is -2.82. The minimum atomic E-state index is -4.35. The highest BCUT2D eigenvalue weighted by atomic mass is 19.4. The predicted molar refractivity (Wildman–Crippen MR) is 65.7 cm³/mol. The van der Waals surface area contributed by atoms with Gasteiger partial charge < -0.3 is 10.3 Å². The van der Waals surface area contributed by atoms with Crippen molar-refractivity contribution in [2.75, 3.05) is 5.73 Å². The standard InChI is InChI=1S/C13H11F3N2O/c14-13(15,16)10-5-3-9(4-6-10)8-18-7-1-2-11(17)12(18)19/h1-7H,8,17H2. The van der Waals surface area contributed by atoms with E-state index < -0.39 is 11.7 Å². The molecule has 2 aromatic rings. The van der Waals surface area contributed by atoms with Gasteiger partial charge in [-0.2, -0.15) is 13.2 Å². The summed E-state index contributed by atoms with van der Waals surface area (Å²) in [5.41, 5.74) is 5.11. The van der Waals surface area contributed by atoms with E-state index in [0.717, 1.165) is 12.1 Å². The number of halogens is 3. The Morgan fingerprint density at radius 1 is 1.11 bits per heavy atom. The lowest BCUT2D eigenvalue weighted by Crippen LogP contribution is -2.22. The van der Waals surface area contributed by atoms with E-state index in [1.165, 1.54) is 29.0 Å². The monoisotopic (exact) mass is 268 g/mol. The SMILES string of the molecule is Nc1cccn(Cc2ccc(C(F)(F)F)cc2)c1=O. The summed E-state index contributed by atoms with van der Waals surface area (Å²) in [4.78, 5) is 11.7. The number of alkyl halides is 3. The molecule has 0 aliphatic carbocycles. The second-order valence-corrected chi connectivity index (χ2v) is 4.09. The van der Waals surface area contributed by atoms with Crippen molar-refractivity contribution in [1.82, 2.24) is 4.57 Å². The molecule has 0 aliphatic rings. The second kappa shape index (κ2) is 4.79. The van der Waals surface area contributed by atoms with Crippen LogP contribution in [0.4, 0.5) is 18.9 Å². The van der Waals surface area contributed by atoms with Crippen molar-refractivity contribution in [3.8, 4) is 0 Å². The number of aromatic nitrogens is 1. The van der Waals surface area contributed by atoms with Crippen molar-refractivity contribution < 1.29 is 13.2 Å². The normalized spacial score (nSPS) is 11.5. The van der Waals surface area contributed by atoms with E-state index >= 15 is 0 Å². The van der Waals surface area contributed by atoms with Gasteiger partial charge in [0.1, 0.15) is 0 Å². The molecule has 0 saturated heterocycles. The molecule has 3 nitrogen and oxygen atoms in total. The molecule has 0 saturated carbocycles. The van der Waals surface area contributed by atoms with Gasteiger partial charge in [-0.25, -0.2) is 0 Å². The van der Waals surface area contributed by atoms with Crippen LogP contribution in [0.15, 0.2) is 47.4 Å². The van der Waals surface area contributed by atoms with E-state index in [0.29, 0.717) is 5.56 Å². The average molecular weight is 268 g/mol. The lowest BCUT2D eigenvalue weighted by Gasteiger charge is -2.09. The first-order valence-corrected chi connectivity index (χ1v) is 5.49. The Morgan fingerprint density at radius 3 is 2.32 bits per heavy atom. The molecule has 100 valence electrons. The van der Waals surface area contributed by atoms with Gasteiger partial charge in [0.15, 0.2) is 0 Å². The Kier molecular flexibility index (Phi) is 3.33. The van der Waals surface area contributed by atoms with Crippen molar-refractivity contribution in [3.05, 3.63) is 64.1 Å². The van der Waals surface area contributed by atoms with E-state index in [1.54, 1.807) is 6.07 Å². The van der Waals surface area contributed by atoms with Gasteiger partial charge in [0.05, 0.1) is 17.8 Å². The summed E-state index contributed by atoms with van der Waals surface area (Å²) in [7, 11) is 0. The molecule has 0 radical (unpaired) electrons. The maximum absolute atomic E-state index is 12.4. The molecule has 0 atom stereocenters. The molecule has 0 bridgehead atoms. The van der Waals surface area contributed by atoms with Gasteiger partial charge in [0.2, 0.25) is 0 Å². The van der Waals surface area contributed by atoms with Crippen LogP contribution in [0.1, 0.15) is 11.1 Å². The lowest BCUT2D eigenvalue weighted by atomic mass is 10.1. The molecule has 0 fully saturated rings. The number of nitrogens with two attached hydrogens (primary N) is 1. The third-order valence-electron chi connectivity index (χ3n) is 2.68. The molecule has 0 amide bonds. The van der Waals surface area contributed by atoms with E-state index in [-0.39, 0.29) is 17.8 Å². The zero-order chi connectivity index (χ0) is 14.0. The molecule has 1 heterocycles. The van der Waals surface area contributed by atoms with E-state index in [2.05, 4.69) is 0 Å². The second-order valence-electron chi connectivity index (χ2n) is 4.09. The van der Waals surface area contributed by atoms with Crippen molar-refractivity contribution in [3.63, 3.8) is 0 Å². The fourth-order valence-corrected chi connectivity index (χ4v) is 1.68. The number of benzene rings is 1. The number of pyridine rings is 1. The summed E-state index contributed by atoms with van der Waals surface area (Å²) < 4.78 is 38.5. The molecule has 0 unspecified atom stereocenters. The minimum absolute atomic E-state index is 0.106. The van der Waals surface area contributed by atoms with Gasteiger partial charge in [-0.1, -0.05) is 12.1 Å². The largest absolute Gasteiger partial charge is 0.416 e. The molecule has 0 aliphatic heterocycles. The van der Waals surface area contributed by atoms with Gasteiger partial charge in [-0.3, -0.25) is 4.79 Å². The van der Waals surface area contributed by atoms with Crippen LogP contribution in [0.5, 0.6) is 0 Å². The first-order chi connectivity index (χ1) is 8.88. The molecule has 1 aromatic carbocycles. The van der Waals surface area contributed by atoms with Crippen LogP contribution in [0.3, 0.4) is 0 Å². The first-order valence-electron chi connectivity index (χ1n) is 5.49. The number of rotatable bonds is 2. The molecule has 2 N–H and O–H groups in total. The summed E-state index contributed by atoms with van der Waals surface area (Å²) in [6, 6.07) is 7.77. The highest BCUT2D eigenvalue weighted by molar-refractivity contribution is 5.34. The van der Waals surface area contributed by atoms with Crippen molar-refractivity contribution in [2.24, 2.45) is 0 Å². The first kappa shape index (κ1) is 13.2. The van der Waals surface area contributed by atoms with Crippen LogP contribution in [-0.4, -0.2) is 4.57 Å². The number of hydrogen-bond acceptors (Lipinski definition) is 2. The number of hydrogen-bond donors (Lipinski definition) is 1. The van der Waals surface area contributed by atoms with Crippen molar-refractivity contribution >= 4 is 5.69 Å². The van der Waals surface area contributed by atoms with E-state index in [4.69, 9.17) is 5.73 Å². The molecular weight excluding hydrogens is 257 g/mol. The molecule has 0 spiro atoms. The van der Waals surface area contributed by atoms with Crippen LogP contribution >= 0.6 is 0 Å². The van der Waals surface area contributed by atoms with Crippen LogP contribution in [0.25, 0.3) is 0 Å². The zero-order valence-corrected chi connectivity index (χ0v) is 9.82. The molecule has 6 heteroatoms. The summed E-state index contributed by atoms with van der Waals surface area (Å²) in [5, 5.41) is 0. The molecular formula is C13H11F3N2O. The highest BCUT2D eigenvalue weighted by Gasteiger charge is 2.29. The average Bonchev–Trinajstić information content (AvgIpc) is 2.35. The maximum atomic E-state index is 12.4. The Balaban J connectivity index is 2.25. The third-order valence-corrected chi connectivity index (χ3v) is 2.68. The Hall–Kier alpha value is -2.24. The molecule has 19 heavy (non-hydrogen) atoms. The van der Waals surface area contributed by atoms with Gasteiger partial charge in [-0.05, 0) is 29.8 Å². The number of anilines is 1. The Morgan fingerprint density at radius 2 is 1.74 bits per heavy atom. The van der Waals surface area contributed by atoms with Crippen LogP contribution in [0, 0.1) is 0 Å². The van der Waals surface area contributed by atoms with Crippen molar-refractivity contribution in [1.29, 1.82) is 0 Å². The summed E-state index contributed by atoms with van der Waals surface area (Å²) >= 11 is 0. The minimum Gasteiger partial charge on any atom is -0.394 e. The van der Waals surface area contributed by atoms with Crippen LogP contribution in [-0.2, 0) is 12.7 Å². The summed E-state index contributed by atoms with van der Waals surface area (Å²) in [6.45, 7) is 0.183.